The molecule has 12 heavy (non-hydrogen) atoms. The molecular formula is C10H19NO. The molecule has 0 aliphatic heterocycles. The molecule has 1 N–H and O–H groups in total. The normalized spacial score (nSPS) is 27.8. The molecule has 1 saturated carbocycles. The molecule has 2 unspecified atom stereocenters. The molecular weight excluding hydrogens is 150 g/mol. The lowest BCUT2D eigenvalue weighted by atomic mass is 10.1. The van der Waals surface area contributed by atoms with Crippen molar-refractivity contribution in [2.75, 3.05) is 0 Å². The Hall–Kier alpha value is -0.530. The fourth-order valence-corrected chi connectivity index (χ4v) is 1.21. The lowest BCUT2D eigenvalue weighted by Gasteiger charge is -2.10. The van der Waals surface area contributed by atoms with Crippen LogP contribution < -0.4 is 5.32 Å². The van der Waals surface area contributed by atoms with E-state index >= 15 is 0 Å². The summed E-state index contributed by atoms with van der Waals surface area (Å²) in [5.74, 6) is 0.384. The van der Waals surface area contributed by atoms with Gasteiger partial charge in [0, 0.05) is 12.0 Å². The van der Waals surface area contributed by atoms with Crippen molar-refractivity contribution in [2.45, 2.75) is 46.6 Å². The molecule has 1 rings (SSSR count). The van der Waals surface area contributed by atoms with E-state index in [2.05, 4.69) is 19.2 Å². The fourth-order valence-electron chi connectivity index (χ4n) is 1.21. The Bertz CT molecular complexity index is 186. The van der Waals surface area contributed by atoms with Gasteiger partial charge in [-0.2, -0.15) is 0 Å². The Morgan fingerprint density at radius 2 is 2.17 bits per heavy atom. The molecule has 0 aromatic carbocycles. The lowest BCUT2D eigenvalue weighted by molar-refractivity contribution is -0.124. The van der Waals surface area contributed by atoms with Gasteiger partial charge in [-0.05, 0) is 18.3 Å². The average Bonchev–Trinajstić information content (AvgIpc) is 2.57. The number of amides is 1. The van der Waals surface area contributed by atoms with E-state index in [0.717, 1.165) is 12.8 Å². The molecule has 0 heterocycles. The van der Waals surface area contributed by atoms with Crippen LogP contribution in [0.25, 0.3) is 0 Å². The van der Waals surface area contributed by atoms with Gasteiger partial charge in [0.2, 0.25) is 5.91 Å². The third-order valence-electron chi connectivity index (χ3n) is 2.89. The van der Waals surface area contributed by atoms with E-state index in [1.54, 1.807) is 0 Å². The van der Waals surface area contributed by atoms with Crippen LogP contribution >= 0.6 is 0 Å². The van der Waals surface area contributed by atoms with Crippen molar-refractivity contribution in [3.63, 3.8) is 0 Å². The molecule has 0 spiro atoms. The zero-order chi connectivity index (χ0) is 9.35. The van der Waals surface area contributed by atoms with Gasteiger partial charge in [-0.15, -0.1) is 0 Å². The molecule has 0 bridgehead atoms. The van der Waals surface area contributed by atoms with Crippen LogP contribution in [0.4, 0.5) is 0 Å². The van der Waals surface area contributed by atoms with Gasteiger partial charge in [-0.1, -0.05) is 27.7 Å². The van der Waals surface area contributed by atoms with Gasteiger partial charge < -0.3 is 5.32 Å². The van der Waals surface area contributed by atoms with Crippen LogP contribution in [-0.4, -0.2) is 11.9 Å². The summed E-state index contributed by atoms with van der Waals surface area (Å²) < 4.78 is 0. The summed E-state index contributed by atoms with van der Waals surface area (Å²) in [7, 11) is 0. The smallest absolute Gasteiger partial charge is 0.223 e. The summed E-state index contributed by atoms with van der Waals surface area (Å²) in [6, 6.07) is 0.430. The standard InChI is InChI=1S/C10H19NO/c1-5-7(2)9(12)11-8-6-10(8,3)4/h7-8H,5-6H2,1-4H3,(H,11,12). The van der Waals surface area contributed by atoms with Gasteiger partial charge in [0.15, 0.2) is 0 Å². The van der Waals surface area contributed by atoms with Crippen LogP contribution in [0.2, 0.25) is 0 Å². The maximum atomic E-state index is 11.4. The number of hydrogen-bond donors (Lipinski definition) is 1. The molecule has 2 heteroatoms. The van der Waals surface area contributed by atoms with Crippen LogP contribution in [0.15, 0.2) is 0 Å². The number of hydrogen-bond acceptors (Lipinski definition) is 1. The summed E-state index contributed by atoms with van der Waals surface area (Å²) in [6.07, 6.45) is 2.06. The average molecular weight is 169 g/mol. The van der Waals surface area contributed by atoms with E-state index in [4.69, 9.17) is 0 Å². The Labute approximate surface area is 74.7 Å². The van der Waals surface area contributed by atoms with Gasteiger partial charge in [0.25, 0.3) is 0 Å². The molecule has 2 nitrogen and oxygen atoms in total. The summed E-state index contributed by atoms with van der Waals surface area (Å²) in [5.41, 5.74) is 0.350. The maximum Gasteiger partial charge on any atom is 0.223 e. The van der Waals surface area contributed by atoms with Crippen LogP contribution in [0.3, 0.4) is 0 Å². The predicted octanol–water partition coefficient (Wildman–Crippen LogP) is 1.95. The predicted molar refractivity (Wildman–Crippen MR) is 49.8 cm³/mol. The summed E-state index contributed by atoms with van der Waals surface area (Å²) in [6.45, 7) is 8.40. The number of rotatable bonds is 3. The molecule has 0 aromatic heterocycles. The van der Waals surface area contributed by atoms with Crippen molar-refractivity contribution in [1.29, 1.82) is 0 Å². The van der Waals surface area contributed by atoms with Gasteiger partial charge >= 0.3 is 0 Å². The fraction of sp³-hybridized carbons (Fsp3) is 0.900. The first-order chi connectivity index (χ1) is 5.47. The summed E-state index contributed by atoms with van der Waals surface area (Å²) >= 11 is 0. The van der Waals surface area contributed by atoms with Crippen LogP contribution in [0, 0.1) is 11.3 Å². The summed E-state index contributed by atoms with van der Waals surface area (Å²) in [4.78, 5) is 11.4. The second kappa shape index (κ2) is 3.08. The van der Waals surface area contributed by atoms with Crippen LogP contribution in [-0.2, 0) is 4.79 Å². The number of carbonyl (C=O) groups is 1. The summed E-state index contributed by atoms with van der Waals surface area (Å²) in [5, 5.41) is 3.06. The van der Waals surface area contributed by atoms with E-state index in [9.17, 15) is 4.79 Å². The minimum atomic E-state index is 0.168. The molecule has 0 saturated heterocycles. The van der Waals surface area contributed by atoms with Gasteiger partial charge in [-0.25, -0.2) is 0 Å². The third kappa shape index (κ3) is 1.99. The Kier molecular flexibility index (Phi) is 2.45. The topological polar surface area (TPSA) is 29.1 Å². The third-order valence-corrected chi connectivity index (χ3v) is 2.89. The molecule has 1 fully saturated rings. The maximum absolute atomic E-state index is 11.4. The lowest BCUT2D eigenvalue weighted by Crippen LogP contribution is -2.32. The Morgan fingerprint density at radius 1 is 1.67 bits per heavy atom. The minimum Gasteiger partial charge on any atom is -0.353 e. The first kappa shape index (κ1) is 9.56. The van der Waals surface area contributed by atoms with Crippen molar-refractivity contribution < 1.29 is 4.79 Å². The second-order valence-corrected chi connectivity index (χ2v) is 4.56. The highest BCUT2D eigenvalue weighted by Crippen LogP contribution is 2.44. The molecule has 0 aromatic rings. The molecule has 70 valence electrons. The highest BCUT2D eigenvalue weighted by Gasteiger charge is 2.46. The molecule has 0 radical (unpaired) electrons. The Balaban J connectivity index is 2.29. The van der Waals surface area contributed by atoms with E-state index in [1.807, 2.05) is 13.8 Å². The SMILES string of the molecule is CCC(C)C(=O)NC1CC1(C)C. The number of nitrogens with one attached hydrogen (secondary N) is 1. The zero-order valence-electron chi connectivity index (χ0n) is 8.48. The van der Waals surface area contributed by atoms with E-state index < -0.39 is 0 Å². The Morgan fingerprint density at radius 3 is 2.50 bits per heavy atom. The van der Waals surface area contributed by atoms with Crippen molar-refractivity contribution in [3.8, 4) is 0 Å². The molecule has 1 aliphatic rings. The second-order valence-electron chi connectivity index (χ2n) is 4.56. The molecule has 2 atom stereocenters. The van der Waals surface area contributed by atoms with Gasteiger partial charge in [-0.3, -0.25) is 4.79 Å². The minimum absolute atomic E-state index is 0.168. The first-order valence-corrected chi connectivity index (χ1v) is 4.77. The van der Waals surface area contributed by atoms with Crippen molar-refractivity contribution >= 4 is 5.91 Å². The van der Waals surface area contributed by atoms with Crippen molar-refractivity contribution in [2.24, 2.45) is 11.3 Å². The highest BCUT2D eigenvalue weighted by atomic mass is 16.2. The molecule has 1 aliphatic carbocycles. The van der Waals surface area contributed by atoms with Gasteiger partial charge in [0.05, 0.1) is 0 Å². The quantitative estimate of drug-likeness (QED) is 0.687. The number of carbonyl (C=O) groups excluding carboxylic acids is 1. The van der Waals surface area contributed by atoms with Crippen LogP contribution in [0.1, 0.15) is 40.5 Å². The largest absolute Gasteiger partial charge is 0.353 e. The highest BCUT2D eigenvalue weighted by molar-refractivity contribution is 5.79. The van der Waals surface area contributed by atoms with Gasteiger partial charge in [0.1, 0.15) is 0 Å². The van der Waals surface area contributed by atoms with E-state index in [-0.39, 0.29) is 11.8 Å². The van der Waals surface area contributed by atoms with E-state index in [1.165, 1.54) is 0 Å². The van der Waals surface area contributed by atoms with Crippen molar-refractivity contribution in [1.82, 2.24) is 5.32 Å². The monoisotopic (exact) mass is 169 g/mol. The molecule has 1 amide bonds. The zero-order valence-corrected chi connectivity index (χ0v) is 8.48. The van der Waals surface area contributed by atoms with E-state index in [0.29, 0.717) is 11.5 Å². The van der Waals surface area contributed by atoms with Crippen LogP contribution in [0.5, 0.6) is 0 Å². The van der Waals surface area contributed by atoms with Crippen molar-refractivity contribution in [3.05, 3.63) is 0 Å². The first-order valence-electron chi connectivity index (χ1n) is 4.77.